The van der Waals surface area contributed by atoms with E-state index in [0.29, 0.717) is 0 Å². The zero-order valence-corrected chi connectivity index (χ0v) is 6.94. The standard InChI is InChI=1S/C8H6ClN3/c9-8(10-6-11-12-8)7-4-2-1-3-5-7/h1-6H. The number of aliphatic imine (C=N–C) groups is 1. The molecule has 1 heterocycles. The van der Waals surface area contributed by atoms with Gasteiger partial charge in [-0.25, -0.2) is 4.99 Å². The fourth-order valence-corrected chi connectivity index (χ4v) is 1.23. The van der Waals surface area contributed by atoms with Gasteiger partial charge in [0.1, 0.15) is 6.34 Å². The first-order chi connectivity index (χ1) is 5.81. The Labute approximate surface area is 74.8 Å². The minimum Gasteiger partial charge on any atom is -0.221 e. The van der Waals surface area contributed by atoms with Crippen molar-refractivity contribution in [3.8, 4) is 0 Å². The minimum absolute atomic E-state index is 0.837. The van der Waals surface area contributed by atoms with E-state index in [9.17, 15) is 0 Å². The summed E-state index contributed by atoms with van der Waals surface area (Å²) in [5.74, 6) is 0. The molecule has 2 rings (SSSR count). The largest absolute Gasteiger partial charge is 0.272 e. The quantitative estimate of drug-likeness (QED) is 0.469. The van der Waals surface area contributed by atoms with Crippen LogP contribution in [0.1, 0.15) is 5.56 Å². The van der Waals surface area contributed by atoms with Gasteiger partial charge in [-0.2, -0.15) is 0 Å². The van der Waals surface area contributed by atoms with E-state index in [2.05, 4.69) is 15.2 Å². The second-order valence-corrected chi connectivity index (χ2v) is 2.94. The number of nitrogens with zero attached hydrogens (tertiary/aromatic N) is 3. The molecular formula is C8H6ClN3. The SMILES string of the molecule is ClC1(c2ccccc2)N=CN=N1. The average molecular weight is 180 g/mol. The van der Waals surface area contributed by atoms with E-state index >= 15 is 0 Å². The number of alkyl halides is 1. The lowest BCUT2D eigenvalue weighted by molar-refractivity contribution is 0.681. The van der Waals surface area contributed by atoms with Crippen LogP contribution < -0.4 is 0 Å². The van der Waals surface area contributed by atoms with E-state index in [-0.39, 0.29) is 0 Å². The molecule has 1 atom stereocenters. The van der Waals surface area contributed by atoms with E-state index in [0.717, 1.165) is 5.56 Å². The van der Waals surface area contributed by atoms with Crippen LogP contribution in [0.4, 0.5) is 0 Å². The Hall–Kier alpha value is -1.22. The average Bonchev–Trinajstić information content (AvgIpc) is 2.55. The van der Waals surface area contributed by atoms with Crippen LogP contribution in [0.2, 0.25) is 0 Å². The number of azo groups is 1. The van der Waals surface area contributed by atoms with Crippen LogP contribution in [0.25, 0.3) is 0 Å². The van der Waals surface area contributed by atoms with Crippen molar-refractivity contribution in [2.24, 2.45) is 15.2 Å². The predicted molar refractivity (Wildman–Crippen MR) is 47.3 cm³/mol. The van der Waals surface area contributed by atoms with Crippen LogP contribution in [-0.2, 0) is 5.12 Å². The molecule has 0 aromatic heterocycles. The van der Waals surface area contributed by atoms with E-state index in [1.54, 1.807) is 0 Å². The van der Waals surface area contributed by atoms with Crippen LogP contribution in [0, 0.1) is 0 Å². The van der Waals surface area contributed by atoms with Crippen LogP contribution >= 0.6 is 11.6 Å². The summed E-state index contributed by atoms with van der Waals surface area (Å²) in [6.45, 7) is 0. The lowest BCUT2D eigenvalue weighted by Crippen LogP contribution is -2.08. The van der Waals surface area contributed by atoms with Crippen LogP contribution in [0.3, 0.4) is 0 Å². The summed E-state index contributed by atoms with van der Waals surface area (Å²) in [6.07, 6.45) is 1.36. The molecule has 0 bridgehead atoms. The molecule has 1 aromatic rings. The predicted octanol–water partition coefficient (Wildman–Crippen LogP) is 2.53. The molecule has 1 aliphatic rings. The highest BCUT2D eigenvalue weighted by molar-refractivity contribution is 6.24. The maximum Gasteiger partial charge on any atom is 0.272 e. The molecule has 0 radical (unpaired) electrons. The summed E-state index contributed by atoms with van der Waals surface area (Å²) in [6, 6.07) is 9.44. The third-order valence-corrected chi connectivity index (χ3v) is 2.00. The first-order valence-corrected chi connectivity index (χ1v) is 3.89. The third kappa shape index (κ3) is 1.12. The summed E-state index contributed by atoms with van der Waals surface area (Å²) in [5, 5.41) is 6.41. The molecule has 4 heteroatoms. The van der Waals surface area contributed by atoms with Gasteiger partial charge in [0, 0.05) is 5.56 Å². The monoisotopic (exact) mass is 179 g/mol. The summed E-state index contributed by atoms with van der Waals surface area (Å²) < 4.78 is 0. The smallest absolute Gasteiger partial charge is 0.221 e. The van der Waals surface area contributed by atoms with Crippen molar-refractivity contribution in [1.82, 2.24) is 0 Å². The zero-order valence-electron chi connectivity index (χ0n) is 6.18. The van der Waals surface area contributed by atoms with Crippen molar-refractivity contribution < 1.29 is 0 Å². The lowest BCUT2D eigenvalue weighted by Gasteiger charge is -2.11. The molecule has 3 nitrogen and oxygen atoms in total. The van der Waals surface area contributed by atoms with Gasteiger partial charge < -0.3 is 0 Å². The number of hydrogen-bond acceptors (Lipinski definition) is 3. The van der Waals surface area contributed by atoms with Crippen LogP contribution in [0.15, 0.2) is 45.6 Å². The maximum absolute atomic E-state index is 6.04. The van der Waals surface area contributed by atoms with Crippen molar-refractivity contribution in [3.05, 3.63) is 35.9 Å². The van der Waals surface area contributed by atoms with Crippen molar-refractivity contribution >= 4 is 17.9 Å². The molecule has 0 fully saturated rings. The molecule has 1 aromatic carbocycles. The molecule has 12 heavy (non-hydrogen) atoms. The molecule has 60 valence electrons. The van der Waals surface area contributed by atoms with Crippen molar-refractivity contribution in [3.63, 3.8) is 0 Å². The molecule has 0 saturated carbocycles. The van der Waals surface area contributed by atoms with Gasteiger partial charge in [0.05, 0.1) is 0 Å². The van der Waals surface area contributed by atoms with E-state index in [1.807, 2.05) is 30.3 Å². The van der Waals surface area contributed by atoms with Crippen LogP contribution in [0.5, 0.6) is 0 Å². The van der Waals surface area contributed by atoms with Gasteiger partial charge >= 0.3 is 0 Å². The molecular weight excluding hydrogens is 174 g/mol. The summed E-state index contributed by atoms with van der Waals surface area (Å²) in [7, 11) is 0. The van der Waals surface area contributed by atoms with Gasteiger partial charge in [-0.1, -0.05) is 41.9 Å². The topological polar surface area (TPSA) is 37.1 Å². The Morgan fingerprint density at radius 2 is 1.92 bits per heavy atom. The van der Waals surface area contributed by atoms with Crippen molar-refractivity contribution in [2.45, 2.75) is 5.12 Å². The van der Waals surface area contributed by atoms with Gasteiger partial charge in [0.2, 0.25) is 0 Å². The summed E-state index contributed by atoms with van der Waals surface area (Å²) in [5.41, 5.74) is 0.837. The molecule has 0 aliphatic carbocycles. The fourth-order valence-electron chi connectivity index (χ4n) is 1.01. The van der Waals surface area contributed by atoms with E-state index in [4.69, 9.17) is 11.6 Å². The minimum atomic E-state index is -1.01. The summed E-state index contributed by atoms with van der Waals surface area (Å²) >= 11 is 6.04. The highest BCUT2D eigenvalue weighted by atomic mass is 35.5. The zero-order chi connectivity index (χ0) is 8.44. The summed E-state index contributed by atoms with van der Waals surface area (Å²) in [4.78, 5) is 3.94. The number of halogens is 1. The van der Waals surface area contributed by atoms with Crippen molar-refractivity contribution in [2.75, 3.05) is 0 Å². The van der Waals surface area contributed by atoms with E-state index < -0.39 is 5.12 Å². The normalized spacial score (nSPS) is 26.4. The van der Waals surface area contributed by atoms with Crippen LogP contribution in [-0.4, -0.2) is 6.34 Å². The van der Waals surface area contributed by atoms with Gasteiger partial charge in [0.25, 0.3) is 5.12 Å². The number of hydrogen-bond donors (Lipinski definition) is 0. The van der Waals surface area contributed by atoms with Gasteiger partial charge in [-0.05, 0) is 0 Å². The highest BCUT2D eigenvalue weighted by Crippen LogP contribution is 2.34. The Bertz CT molecular complexity index is 319. The molecule has 0 N–H and O–H groups in total. The molecule has 0 spiro atoms. The van der Waals surface area contributed by atoms with Crippen molar-refractivity contribution in [1.29, 1.82) is 0 Å². The fraction of sp³-hybridized carbons (Fsp3) is 0.125. The molecule has 0 saturated heterocycles. The van der Waals surface area contributed by atoms with Gasteiger partial charge in [-0.3, -0.25) is 0 Å². The highest BCUT2D eigenvalue weighted by Gasteiger charge is 2.29. The first kappa shape index (κ1) is 7.43. The molecule has 1 unspecified atom stereocenters. The first-order valence-electron chi connectivity index (χ1n) is 3.51. The number of benzene rings is 1. The Morgan fingerprint density at radius 3 is 2.50 bits per heavy atom. The van der Waals surface area contributed by atoms with Gasteiger partial charge in [0.15, 0.2) is 0 Å². The lowest BCUT2D eigenvalue weighted by atomic mass is 10.2. The Morgan fingerprint density at radius 1 is 1.17 bits per heavy atom. The molecule has 1 aliphatic heterocycles. The second-order valence-electron chi connectivity index (χ2n) is 2.41. The Balaban J connectivity index is 2.43. The second kappa shape index (κ2) is 2.68. The van der Waals surface area contributed by atoms with Gasteiger partial charge in [-0.15, -0.1) is 10.2 Å². The third-order valence-electron chi connectivity index (χ3n) is 1.61. The number of rotatable bonds is 1. The maximum atomic E-state index is 6.04. The molecule has 0 amide bonds. The Kier molecular flexibility index (Phi) is 1.66. The van der Waals surface area contributed by atoms with E-state index in [1.165, 1.54) is 6.34 Å².